The van der Waals surface area contributed by atoms with Gasteiger partial charge in [-0.2, -0.15) is 0 Å². The van der Waals surface area contributed by atoms with Crippen LogP contribution in [0.15, 0.2) is 24.3 Å². The monoisotopic (exact) mass is 275 g/mol. The van der Waals surface area contributed by atoms with Crippen molar-refractivity contribution >= 4 is 0 Å². The molecule has 1 aliphatic heterocycles. The minimum Gasteiger partial charge on any atom is -0.508 e. The number of hydrogen-bond donors (Lipinski definition) is 1. The molecular weight excluding hydrogens is 246 g/mol. The summed E-state index contributed by atoms with van der Waals surface area (Å²) in [5.41, 5.74) is 1.90. The van der Waals surface area contributed by atoms with Gasteiger partial charge in [0.2, 0.25) is 0 Å². The van der Waals surface area contributed by atoms with Crippen LogP contribution >= 0.6 is 0 Å². The van der Waals surface area contributed by atoms with Crippen molar-refractivity contribution in [2.75, 3.05) is 13.1 Å². The number of piperidine rings is 1. The van der Waals surface area contributed by atoms with Gasteiger partial charge in [0.1, 0.15) is 5.75 Å². The van der Waals surface area contributed by atoms with Crippen molar-refractivity contribution in [1.82, 2.24) is 4.90 Å². The first-order chi connectivity index (χ1) is 9.52. The second-order valence-corrected chi connectivity index (χ2v) is 6.75. The van der Waals surface area contributed by atoms with Crippen molar-refractivity contribution in [3.63, 3.8) is 0 Å². The molecule has 2 rings (SSSR count). The van der Waals surface area contributed by atoms with Gasteiger partial charge in [0, 0.05) is 6.04 Å². The summed E-state index contributed by atoms with van der Waals surface area (Å²) in [6, 6.07) is 8.30. The molecule has 1 aliphatic rings. The van der Waals surface area contributed by atoms with Crippen LogP contribution < -0.4 is 0 Å². The lowest BCUT2D eigenvalue weighted by molar-refractivity contribution is 0.0835. The van der Waals surface area contributed by atoms with Crippen LogP contribution in [0.1, 0.15) is 52.0 Å². The van der Waals surface area contributed by atoms with Crippen LogP contribution in [0.4, 0.5) is 0 Å². The van der Waals surface area contributed by atoms with Crippen LogP contribution in [0.2, 0.25) is 0 Å². The summed E-state index contributed by atoms with van der Waals surface area (Å²) in [5, 5.41) is 9.30. The van der Waals surface area contributed by atoms with E-state index in [2.05, 4.69) is 25.7 Å². The second kappa shape index (κ2) is 6.62. The lowest BCUT2D eigenvalue weighted by Crippen LogP contribution is -2.43. The van der Waals surface area contributed by atoms with Gasteiger partial charge in [-0.3, -0.25) is 0 Å². The Morgan fingerprint density at radius 3 is 2.35 bits per heavy atom. The second-order valence-electron chi connectivity index (χ2n) is 6.75. The fourth-order valence-electron chi connectivity index (χ4n) is 3.08. The van der Waals surface area contributed by atoms with E-state index in [1.807, 2.05) is 12.1 Å². The zero-order valence-corrected chi connectivity index (χ0v) is 13.2. The number of phenols is 1. The lowest BCUT2D eigenvalue weighted by Gasteiger charge is -2.41. The van der Waals surface area contributed by atoms with Gasteiger partial charge < -0.3 is 10.0 Å². The maximum Gasteiger partial charge on any atom is 0.115 e. The molecule has 1 atom stereocenters. The maximum atomic E-state index is 9.30. The number of benzene rings is 1. The SMILES string of the molecule is CCC1(C)CCN(C(C)CCc2ccc(O)cc2)CC1. The van der Waals surface area contributed by atoms with Gasteiger partial charge in [0.25, 0.3) is 0 Å². The van der Waals surface area contributed by atoms with E-state index in [-0.39, 0.29) is 0 Å². The zero-order valence-electron chi connectivity index (χ0n) is 13.2. The molecular formula is C18H29NO. The number of rotatable bonds is 5. The van der Waals surface area contributed by atoms with E-state index in [0.717, 1.165) is 6.42 Å². The molecule has 0 saturated carbocycles. The van der Waals surface area contributed by atoms with Crippen LogP contribution in [0, 0.1) is 5.41 Å². The third kappa shape index (κ3) is 3.99. The first-order valence-corrected chi connectivity index (χ1v) is 8.04. The third-order valence-corrected chi connectivity index (χ3v) is 5.27. The summed E-state index contributed by atoms with van der Waals surface area (Å²) in [6.45, 7) is 9.62. The predicted molar refractivity (Wildman–Crippen MR) is 85.1 cm³/mol. The number of likely N-dealkylation sites (tertiary alicyclic amines) is 1. The van der Waals surface area contributed by atoms with Gasteiger partial charge in [-0.1, -0.05) is 32.4 Å². The quantitative estimate of drug-likeness (QED) is 0.869. The molecule has 0 amide bonds. The Morgan fingerprint density at radius 1 is 1.20 bits per heavy atom. The van der Waals surface area contributed by atoms with Gasteiger partial charge in [0.15, 0.2) is 0 Å². The van der Waals surface area contributed by atoms with Crippen molar-refractivity contribution in [2.45, 2.75) is 58.9 Å². The standard InChI is InChI=1S/C18H29NO/c1-4-18(3)11-13-19(14-12-18)15(2)5-6-16-7-9-17(20)10-8-16/h7-10,15,20H,4-6,11-14H2,1-3H3. The molecule has 20 heavy (non-hydrogen) atoms. The van der Waals surface area contributed by atoms with E-state index >= 15 is 0 Å². The Bertz CT molecular complexity index is 404. The highest BCUT2D eigenvalue weighted by Gasteiger charge is 2.29. The van der Waals surface area contributed by atoms with Gasteiger partial charge in [-0.25, -0.2) is 0 Å². The number of aryl methyl sites for hydroxylation is 1. The summed E-state index contributed by atoms with van der Waals surface area (Å²) >= 11 is 0. The third-order valence-electron chi connectivity index (χ3n) is 5.27. The van der Waals surface area contributed by atoms with Gasteiger partial charge in [-0.05, 0) is 68.8 Å². The van der Waals surface area contributed by atoms with E-state index in [1.165, 1.54) is 44.3 Å². The summed E-state index contributed by atoms with van der Waals surface area (Å²) in [7, 11) is 0. The first kappa shape index (κ1) is 15.4. The molecule has 1 saturated heterocycles. The molecule has 1 heterocycles. The molecule has 1 unspecified atom stereocenters. The number of phenolic OH excluding ortho intramolecular Hbond substituents is 1. The van der Waals surface area contributed by atoms with Crippen molar-refractivity contribution in [1.29, 1.82) is 0 Å². The topological polar surface area (TPSA) is 23.5 Å². The van der Waals surface area contributed by atoms with Gasteiger partial charge in [-0.15, -0.1) is 0 Å². The van der Waals surface area contributed by atoms with Gasteiger partial charge in [0.05, 0.1) is 0 Å². The van der Waals surface area contributed by atoms with Crippen molar-refractivity contribution in [2.24, 2.45) is 5.41 Å². The molecule has 0 radical (unpaired) electrons. The molecule has 0 bridgehead atoms. The fourth-order valence-corrected chi connectivity index (χ4v) is 3.08. The molecule has 0 aromatic heterocycles. The highest BCUT2D eigenvalue weighted by atomic mass is 16.3. The normalized spacial score (nSPS) is 20.8. The number of hydrogen-bond acceptors (Lipinski definition) is 2. The van der Waals surface area contributed by atoms with Crippen LogP contribution in [-0.4, -0.2) is 29.1 Å². The Morgan fingerprint density at radius 2 is 1.80 bits per heavy atom. The molecule has 112 valence electrons. The average Bonchev–Trinajstić information content (AvgIpc) is 2.47. The van der Waals surface area contributed by atoms with Crippen LogP contribution in [-0.2, 0) is 6.42 Å². The van der Waals surface area contributed by atoms with Gasteiger partial charge >= 0.3 is 0 Å². The first-order valence-electron chi connectivity index (χ1n) is 8.04. The van der Waals surface area contributed by atoms with Crippen molar-refractivity contribution in [3.8, 4) is 5.75 Å². The highest BCUT2D eigenvalue weighted by molar-refractivity contribution is 5.25. The van der Waals surface area contributed by atoms with E-state index < -0.39 is 0 Å². The number of nitrogens with zero attached hydrogens (tertiary/aromatic N) is 1. The van der Waals surface area contributed by atoms with Crippen LogP contribution in [0.25, 0.3) is 0 Å². The van der Waals surface area contributed by atoms with Crippen LogP contribution in [0.5, 0.6) is 5.75 Å². The molecule has 1 aromatic carbocycles. The minimum atomic E-state index is 0.358. The molecule has 0 spiro atoms. The largest absolute Gasteiger partial charge is 0.508 e. The molecule has 0 aliphatic carbocycles. The lowest BCUT2D eigenvalue weighted by atomic mass is 9.78. The highest BCUT2D eigenvalue weighted by Crippen LogP contribution is 2.34. The predicted octanol–water partition coefficient (Wildman–Crippen LogP) is 4.23. The number of aromatic hydroxyl groups is 1. The fraction of sp³-hybridized carbons (Fsp3) is 0.667. The smallest absolute Gasteiger partial charge is 0.115 e. The average molecular weight is 275 g/mol. The van der Waals surface area contributed by atoms with E-state index in [9.17, 15) is 5.11 Å². The Kier molecular flexibility index (Phi) is 5.09. The molecule has 2 heteroatoms. The van der Waals surface area contributed by atoms with E-state index in [4.69, 9.17) is 0 Å². The Hall–Kier alpha value is -1.02. The molecule has 1 fully saturated rings. The zero-order chi connectivity index (χ0) is 14.6. The minimum absolute atomic E-state index is 0.358. The molecule has 2 nitrogen and oxygen atoms in total. The van der Waals surface area contributed by atoms with Crippen molar-refractivity contribution in [3.05, 3.63) is 29.8 Å². The van der Waals surface area contributed by atoms with Crippen LogP contribution in [0.3, 0.4) is 0 Å². The van der Waals surface area contributed by atoms with E-state index in [0.29, 0.717) is 17.2 Å². The summed E-state index contributed by atoms with van der Waals surface area (Å²) in [6.07, 6.45) is 6.29. The summed E-state index contributed by atoms with van der Waals surface area (Å²) < 4.78 is 0. The van der Waals surface area contributed by atoms with Crippen molar-refractivity contribution < 1.29 is 5.11 Å². The maximum absolute atomic E-state index is 9.30. The summed E-state index contributed by atoms with van der Waals surface area (Å²) in [4.78, 5) is 2.65. The van der Waals surface area contributed by atoms with E-state index in [1.54, 1.807) is 12.1 Å². The summed E-state index contributed by atoms with van der Waals surface area (Å²) in [5.74, 6) is 0.358. The molecule has 1 N–H and O–H groups in total. The Balaban J connectivity index is 1.78. The molecule has 1 aromatic rings. The Labute approximate surface area is 123 Å².